The molecule has 1 saturated heterocycles. The Labute approximate surface area is 186 Å². The highest BCUT2D eigenvalue weighted by Gasteiger charge is 2.33. The van der Waals surface area contributed by atoms with E-state index in [1.165, 1.54) is 12.1 Å². The Bertz CT molecular complexity index is 1150. The highest BCUT2D eigenvalue weighted by atomic mass is 32.2. The number of nitro groups is 1. The number of ether oxygens (including phenoxy) is 2. The minimum absolute atomic E-state index is 0.0146. The Kier molecular flexibility index (Phi) is 6.78. The Morgan fingerprint density at radius 2 is 1.67 bits per heavy atom. The number of methoxy groups -OCH3 is 1. The van der Waals surface area contributed by atoms with Gasteiger partial charge in [0.15, 0.2) is 0 Å². The van der Waals surface area contributed by atoms with Crippen LogP contribution in [0.4, 0.5) is 24.5 Å². The summed E-state index contributed by atoms with van der Waals surface area (Å²) in [7, 11) is -2.85. The predicted octanol–water partition coefficient (Wildman–Crippen LogP) is 2.79. The van der Waals surface area contributed by atoms with Gasteiger partial charge in [-0.25, -0.2) is 13.2 Å². The van der Waals surface area contributed by atoms with Crippen LogP contribution in [0.3, 0.4) is 0 Å². The number of nitrogens with zero attached hydrogens (tertiary/aromatic N) is 3. The number of esters is 1. The van der Waals surface area contributed by atoms with E-state index in [2.05, 4.69) is 4.74 Å². The van der Waals surface area contributed by atoms with Crippen molar-refractivity contribution in [2.45, 2.75) is 11.3 Å². The van der Waals surface area contributed by atoms with Crippen LogP contribution in [0.15, 0.2) is 47.4 Å². The highest BCUT2D eigenvalue weighted by Crippen LogP contribution is 2.29. The van der Waals surface area contributed by atoms with E-state index in [4.69, 9.17) is 4.74 Å². The van der Waals surface area contributed by atoms with Gasteiger partial charge >= 0.3 is 12.3 Å². The average molecular weight is 489 g/mol. The first kappa shape index (κ1) is 24.3. The molecule has 178 valence electrons. The fourth-order valence-electron chi connectivity index (χ4n) is 3.32. The molecular weight excluding hydrogens is 471 g/mol. The Hall–Kier alpha value is -3.39. The van der Waals surface area contributed by atoms with E-state index >= 15 is 0 Å². The summed E-state index contributed by atoms with van der Waals surface area (Å²) in [5.41, 5.74) is 0.0414. The van der Waals surface area contributed by atoms with Gasteiger partial charge in [-0.3, -0.25) is 10.1 Å². The van der Waals surface area contributed by atoms with Crippen molar-refractivity contribution in [3.8, 4) is 5.75 Å². The summed E-state index contributed by atoms with van der Waals surface area (Å²) in [5.74, 6) is -1.32. The Morgan fingerprint density at radius 1 is 1.06 bits per heavy atom. The maximum atomic E-state index is 12.9. The molecule has 0 aromatic heterocycles. The molecule has 0 saturated carbocycles. The number of anilines is 1. The van der Waals surface area contributed by atoms with E-state index in [1.807, 2.05) is 0 Å². The van der Waals surface area contributed by atoms with Gasteiger partial charge in [0.05, 0.1) is 28.2 Å². The quantitative estimate of drug-likeness (QED) is 0.345. The molecule has 3 rings (SSSR count). The van der Waals surface area contributed by atoms with E-state index in [9.17, 15) is 36.5 Å². The highest BCUT2D eigenvalue weighted by molar-refractivity contribution is 7.89. The van der Waals surface area contributed by atoms with Crippen LogP contribution in [0.2, 0.25) is 0 Å². The molecule has 1 aliphatic rings. The summed E-state index contributed by atoms with van der Waals surface area (Å²) < 4.78 is 72.2. The molecule has 1 aliphatic heterocycles. The maximum absolute atomic E-state index is 12.9. The van der Waals surface area contributed by atoms with Gasteiger partial charge in [-0.05, 0) is 30.3 Å². The lowest BCUT2D eigenvalue weighted by molar-refractivity contribution is -0.384. The monoisotopic (exact) mass is 489 g/mol. The van der Waals surface area contributed by atoms with Crippen molar-refractivity contribution >= 4 is 27.4 Å². The van der Waals surface area contributed by atoms with Crippen molar-refractivity contribution in [3.63, 3.8) is 0 Å². The molecule has 0 N–H and O–H groups in total. The number of carbonyl (C=O) groups is 1. The second-order valence-corrected chi connectivity index (χ2v) is 8.80. The summed E-state index contributed by atoms with van der Waals surface area (Å²) >= 11 is 0. The van der Waals surface area contributed by atoms with Crippen molar-refractivity contribution in [3.05, 3.63) is 58.1 Å². The van der Waals surface area contributed by atoms with Gasteiger partial charge in [0.2, 0.25) is 10.0 Å². The minimum atomic E-state index is -4.89. The second-order valence-electron chi connectivity index (χ2n) is 6.86. The third-order valence-electron chi connectivity index (χ3n) is 4.87. The van der Waals surface area contributed by atoms with Crippen LogP contribution in [0.5, 0.6) is 5.75 Å². The SMILES string of the molecule is COC(=O)c1cc([N+](=O)[O-])ccc1N1CCN(S(=O)(=O)c2ccc(OC(F)(F)F)cc2)CC1. The summed E-state index contributed by atoms with van der Waals surface area (Å²) in [5, 5.41) is 11.0. The average Bonchev–Trinajstić information content (AvgIpc) is 2.77. The zero-order valence-corrected chi connectivity index (χ0v) is 17.9. The number of halogens is 3. The molecule has 1 heterocycles. The Morgan fingerprint density at radius 3 is 2.18 bits per heavy atom. The van der Waals surface area contributed by atoms with E-state index < -0.39 is 33.0 Å². The molecule has 33 heavy (non-hydrogen) atoms. The summed E-state index contributed by atoms with van der Waals surface area (Å²) in [4.78, 5) is 24.0. The molecule has 0 amide bonds. The minimum Gasteiger partial charge on any atom is -0.465 e. The number of rotatable bonds is 6. The van der Waals surface area contributed by atoms with Crippen molar-refractivity contribution in [1.82, 2.24) is 4.31 Å². The third kappa shape index (κ3) is 5.51. The van der Waals surface area contributed by atoms with Crippen molar-refractivity contribution in [1.29, 1.82) is 0 Å². The number of hydrogen-bond acceptors (Lipinski definition) is 8. The largest absolute Gasteiger partial charge is 0.573 e. The van der Waals surface area contributed by atoms with Gasteiger partial charge in [-0.2, -0.15) is 4.31 Å². The summed E-state index contributed by atoms with van der Waals surface area (Å²) in [6, 6.07) is 7.59. The van der Waals surface area contributed by atoms with E-state index in [-0.39, 0.29) is 42.3 Å². The van der Waals surface area contributed by atoms with Crippen molar-refractivity contribution < 1.29 is 40.8 Å². The lowest BCUT2D eigenvalue weighted by Gasteiger charge is -2.36. The van der Waals surface area contributed by atoms with Crippen LogP contribution < -0.4 is 9.64 Å². The zero-order valence-electron chi connectivity index (χ0n) is 17.1. The lowest BCUT2D eigenvalue weighted by atomic mass is 10.1. The number of carbonyl (C=O) groups excluding carboxylic acids is 1. The summed E-state index contributed by atoms with van der Waals surface area (Å²) in [6.45, 7) is 0.355. The van der Waals surface area contributed by atoms with Crippen molar-refractivity contribution in [2.24, 2.45) is 0 Å². The fourth-order valence-corrected chi connectivity index (χ4v) is 4.74. The molecule has 0 aliphatic carbocycles. The van der Waals surface area contributed by atoms with Gasteiger partial charge in [-0.15, -0.1) is 13.2 Å². The van der Waals surface area contributed by atoms with Crippen LogP contribution in [-0.2, 0) is 14.8 Å². The molecule has 10 nitrogen and oxygen atoms in total. The zero-order chi connectivity index (χ0) is 24.4. The summed E-state index contributed by atoms with van der Waals surface area (Å²) in [6.07, 6.45) is -4.89. The van der Waals surface area contributed by atoms with E-state index in [1.54, 1.807) is 4.90 Å². The molecular formula is C19H18F3N3O7S. The van der Waals surface area contributed by atoms with Gasteiger partial charge in [0.25, 0.3) is 5.69 Å². The normalized spacial score (nSPS) is 15.2. The molecule has 1 fully saturated rings. The molecule has 0 radical (unpaired) electrons. The van der Waals surface area contributed by atoms with Crippen LogP contribution >= 0.6 is 0 Å². The molecule has 14 heteroatoms. The molecule has 0 spiro atoms. The van der Waals surface area contributed by atoms with Crippen LogP contribution in [-0.4, -0.2) is 63.3 Å². The predicted molar refractivity (Wildman–Crippen MR) is 109 cm³/mol. The standard InChI is InChI=1S/C19H18F3N3O7S/c1-31-18(26)16-12-13(25(27)28)2-7-17(16)23-8-10-24(11-9-23)33(29,30)15-5-3-14(4-6-15)32-19(20,21)22/h2-7,12H,8-11H2,1H3. The third-order valence-corrected chi connectivity index (χ3v) is 6.78. The van der Waals surface area contributed by atoms with Gasteiger partial charge in [0.1, 0.15) is 5.75 Å². The van der Waals surface area contributed by atoms with Gasteiger partial charge < -0.3 is 14.4 Å². The fraction of sp³-hybridized carbons (Fsp3) is 0.316. The van der Waals surface area contributed by atoms with Crippen molar-refractivity contribution in [2.75, 3.05) is 38.2 Å². The van der Waals surface area contributed by atoms with Crippen LogP contribution in [0.25, 0.3) is 0 Å². The van der Waals surface area contributed by atoms with E-state index in [0.29, 0.717) is 5.69 Å². The van der Waals surface area contributed by atoms with Crippen LogP contribution in [0.1, 0.15) is 10.4 Å². The molecule has 2 aromatic carbocycles. The number of benzene rings is 2. The first-order chi connectivity index (χ1) is 15.4. The second kappa shape index (κ2) is 9.23. The smallest absolute Gasteiger partial charge is 0.465 e. The molecule has 0 bridgehead atoms. The molecule has 2 aromatic rings. The van der Waals surface area contributed by atoms with E-state index in [0.717, 1.165) is 41.7 Å². The number of alkyl halides is 3. The van der Waals surface area contributed by atoms with Crippen LogP contribution in [0, 0.1) is 10.1 Å². The first-order valence-electron chi connectivity index (χ1n) is 9.40. The topological polar surface area (TPSA) is 119 Å². The molecule has 0 atom stereocenters. The lowest BCUT2D eigenvalue weighted by Crippen LogP contribution is -2.49. The Balaban J connectivity index is 1.75. The number of hydrogen-bond donors (Lipinski definition) is 0. The number of nitro benzene ring substituents is 1. The van der Waals surface area contributed by atoms with Gasteiger partial charge in [0, 0.05) is 38.3 Å². The maximum Gasteiger partial charge on any atom is 0.573 e. The number of non-ortho nitro benzene ring substituents is 1. The first-order valence-corrected chi connectivity index (χ1v) is 10.8. The number of piperazine rings is 1. The number of sulfonamides is 1. The molecule has 0 unspecified atom stereocenters. The van der Waals surface area contributed by atoms with Gasteiger partial charge in [-0.1, -0.05) is 0 Å².